The highest BCUT2D eigenvalue weighted by Crippen LogP contribution is 2.28. The zero-order chi connectivity index (χ0) is 22.2. The molecule has 0 saturated heterocycles. The number of aryl methyl sites for hydroxylation is 1. The molecule has 0 bridgehead atoms. The summed E-state index contributed by atoms with van der Waals surface area (Å²) in [6, 6.07) is 17.7. The number of aromatic nitrogens is 2. The van der Waals surface area contributed by atoms with Crippen molar-refractivity contribution in [1.82, 2.24) is 15.3 Å². The van der Waals surface area contributed by atoms with Gasteiger partial charge in [0.05, 0.1) is 25.2 Å². The molecule has 0 spiro atoms. The number of carbonyl (C=O) groups excluding carboxylic acids is 1. The summed E-state index contributed by atoms with van der Waals surface area (Å²) < 4.78 is 10.6. The normalized spacial score (nSPS) is 11.6. The minimum atomic E-state index is -0.275. The third kappa shape index (κ3) is 6.21. The third-order valence-corrected chi connectivity index (χ3v) is 5.73. The summed E-state index contributed by atoms with van der Waals surface area (Å²) in [5, 5.41) is 3.51. The molecule has 0 aliphatic carbocycles. The first-order chi connectivity index (χ1) is 15.0. The average Bonchev–Trinajstić information content (AvgIpc) is 2.79. The molecule has 7 heteroatoms. The van der Waals surface area contributed by atoms with Gasteiger partial charge < -0.3 is 14.8 Å². The van der Waals surface area contributed by atoms with Crippen LogP contribution in [0.5, 0.6) is 11.5 Å². The van der Waals surface area contributed by atoms with Crippen molar-refractivity contribution in [3.05, 3.63) is 66.0 Å². The molecule has 2 aromatic carbocycles. The van der Waals surface area contributed by atoms with E-state index in [4.69, 9.17) is 9.47 Å². The van der Waals surface area contributed by atoms with Crippen LogP contribution < -0.4 is 14.8 Å². The molecule has 0 radical (unpaired) electrons. The van der Waals surface area contributed by atoms with Gasteiger partial charge >= 0.3 is 0 Å². The van der Waals surface area contributed by atoms with Crippen molar-refractivity contribution in [3.63, 3.8) is 0 Å². The Labute approximate surface area is 187 Å². The largest absolute Gasteiger partial charge is 0.493 e. The number of hydrogen-bond donors (Lipinski definition) is 1. The predicted octanol–water partition coefficient (Wildman–Crippen LogP) is 4.31. The number of amides is 1. The van der Waals surface area contributed by atoms with Crippen LogP contribution in [0.2, 0.25) is 0 Å². The van der Waals surface area contributed by atoms with Gasteiger partial charge in [0, 0.05) is 12.1 Å². The molecule has 1 unspecified atom stereocenters. The average molecular weight is 438 g/mol. The van der Waals surface area contributed by atoms with Gasteiger partial charge in [-0.15, -0.1) is 0 Å². The molecule has 3 aromatic rings. The molecule has 1 N–H and O–H groups in total. The minimum Gasteiger partial charge on any atom is -0.493 e. The second-order valence-electron chi connectivity index (χ2n) is 7.00. The van der Waals surface area contributed by atoms with Crippen molar-refractivity contribution in [2.24, 2.45) is 0 Å². The topological polar surface area (TPSA) is 73.3 Å². The van der Waals surface area contributed by atoms with Gasteiger partial charge in [-0.2, -0.15) is 0 Å². The Balaban J connectivity index is 1.57. The van der Waals surface area contributed by atoms with E-state index >= 15 is 0 Å². The van der Waals surface area contributed by atoms with E-state index in [1.165, 1.54) is 11.8 Å². The lowest BCUT2D eigenvalue weighted by Gasteiger charge is -2.13. The van der Waals surface area contributed by atoms with Crippen LogP contribution in [0.1, 0.15) is 18.3 Å². The fourth-order valence-electron chi connectivity index (χ4n) is 3.10. The molecular formula is C24H27N3O3S. The molecule has 1 aromatic heterocycles. The number of rotatable bonds is 9. The Hall–Kier alpha value is -3.06. The maximum Gasteiger partial charge on any atom is 0.233 e. The SMILES string of the molecule is COc1ccc(CCNC(=O)C(C)Sc2cc(-c3ccccc3)nc(C)n2)cc1OC. The van der Waals surface area contributed by atoms with Crippen LogP contribution in [0.4, 0.5) is 0 Å². The quantitative estimate of drug-likeness (QED) is 0.397. The highest BCUT2D eigenvalue weighted by molar-refractivity contribution is 8.00. The first kappa shape index (κ1) is 22.6. The molecule has 162 valence electrons. The molecule has 0 aliphatic heterocycles. The van der Waals surface area contributed by atoms with Crippen molar-refractivity contribution in [1.29, 1.82) is 0 Å². The van der Waals surface area contributed by atoms with E-state index in [2.05, 4.69) is 15.3 Å². The molecule has 3 rings (SSSR count). The summed E-state index contributed by atoms with van der Waals surface area (Å²) in [6.45, 7) is 4.29. The minimum absolute atomic E-state index is 0.0250. The maximum absolute atomic E-state index is 12.6. The fourth-order valence-corrected chi connectivity index (χ4v) is 4.02. The van der Waals surface area contributed by atoms with Crippen LogP contribution in [0.3, 0.4) is 0 Å². The number of hydrogen-bond acceptors (Lipinski definition) is 6. The Morgan fingerprint density at radius 1 is 1.03 bits per heavy atom. The summed E-state index contributed by atoms with van der Waals surface area (Å²) in [5.74, 6) is 2.03. The standard InChI is InChI=1S/C24H27N3O3S/c1-16(24(28)25-13-12-18-10-11-21(29-3)22(14-18)30-4)31-23-15-20(26-17(2)27-23)19-8-6-5-7-9-19/h5-11,14-16H,12-13H2,1-4H3,(H,25,28). The van der Waals surface area contributed by atoms with E-state index in [0.29, 0.717) is 30.3 Å². The maximum atomic E-state index is 12.6. The lowest BCUT2D eigenvalue weighted by Crippen LogP contribution is -2.32. The van der Waals surface area contributed by atoms with Crippen LogP contribution in [0.25, 0.3) is 11.3 Å². The Bertz CT molecular complexity index is 1030. The van der Waals surface area contributed by atoms with E-state index in [1.807, 2.05) is 68.4 Å². The second kappa shape index (κ2) is 10.8. The number of nitrogens with zero attached hydrogens (tertiary/aromatic N) is 2. The van der Waals surface area contributed by atoms with Crippen molar-refractivity contribution >= 4 is 17.7 Å². The number of ether oxygens (including phenoxy) is 2. The second-order valence-corrected chi connectivity index (χ2v) is 8.36. The van der Waals surface area contributed by atoms with Crippen LogP contribution in [0.15, 0.2) is 59.6 Å². The van der Waals surface area contributed by atoms with Gasteiger partial charge in [-0.05, 0) is 44.0 Å². The smallest absolute Gasteiger partial charge is 0.233 e. The van der Waals surface area contributed by atoms with Gasteiger partial charge in [0.2, 0.25) is 5.91 Å². The summed E-state index contributed by atoms with van der Waals surface area (Å²) in [4.78, 5) is 21.6. The summed E-state index contributed by atoms with van der Waals surface area (Å²) in [7, 11) is 3.22. The highest BCUT2D eigenvalue weighted by Gasteiger charge is 2.16. The molecule has 6 nitrogen and oxygen atoms in total. The monoisotopic (exact) mass is 437 g/mol. The van der Waals surface area contributed by atoms with E-state index < -0.39 is 0 Å². The van der Waals surface area contributed by atoms with Gasteiger partial charge in [-0.25, -0.2) is 9.97 Å². The number of benzene rings is 2. The van der Waals surface area contributed by atoms with Crippen LogP contribution in [-0.4, -0.2) is 41.9 Å². The van der Waals surface area contributed by atoms with Gasteiger partial charge in [0.15, 0.2) is 11.5 Å². The fraction of sp³-hybridized carbons (Fsp3) is 0.292. The molecule has 1 amide bonds. The van der Waals surface area contributed by atoms with Gasteiger partial charge in [-0.3, -0.25) is 4.79 Å². The number of nitrogens with one attached hydrogen (secondary N) is 1. The molecular weight excluding hydrogens is 410 g/mol. The Kier molecular flexibility index (Phi) is 7.89. The molecule has 31 heavy (non-hydrogen) atoms. The Morgan fingerprint density at radius 2 is 1.77 bits per heavy atom. The molecule has 0 aliphatic rings. The van der Waals surface area contributed by atoms with E-state index in [0.717, 1.165) is 21.8 Å². The van der Waals surface area contributed by atoms with E-state index in [9.17, 15) is 4.79 Å². The van der Waals surface area contributed by atoms with Crippen LogP contribution in [-0.2, 0) is 11.2 Å². The lowest BCUT2D eigenvalue weighted by atomic mass is 10.1. The molecule has 0 fully saturated rings. The molecule has 0 saturated carbocycles. The zero-order valence-electron chi connectivity index (χ0n) is 18.2. The number of thioether (sulfide) groups is 1. The van der Waals surface area contributed by atoms with E-state index in [-0.39, 0.29) is 11.2 Å². The first-order valence-corrected chi connectivity index (χ1v) is 10.9. The lowest BCUT2D eigenvalue weighted by molar-refractivity contribution is -0.120. The number of carbonyl (C=O) groups is 1. The highest BCUT2D eigenvalue weighted by atomic mass is 32.2. The van der Waals surface area contributed by atoms with Crippen molar-refractivity contribution < 1.29 is 14.3 Å². The first-order valence-electron chi connectivity index (χ1n) is 10.1. The Morgan fingerprint density at radius 3 is 2.48 bits per heavy atom. The van der Waals surface area contributed by atoms with Gasteiger partial charge in [-0.1, -0.05) is 48.2 Å². The third-order valence-electron chi connectivity index (χ3n) is 4.71. The summed E-state index contributed by atoms with van der Waals surface area (Å²) in [6.07, 6.45) is 0.703. The summed E-state index contributed by atoms with van der Waals surface area (Å²) >= 11 is 1.43. The molecule has 1 heterocycles. The zero-order valence-corrected chi connectivity index (χ0v) is 19.0. The van der Waals surface area contributed by atoms with Gasteiger partial charge in [0.1, 0.15) is 10.9 Å². The van der Waals surface area contributed by atoms with Crippen LogP contribution in [0, 0.1) is 6.92 Å². The van der Waals surface area contributed by atoms with Crippen molar-refractivity contribution in [2.45, 2.75) is 30.5 Å². The van der Waals surface area contributed by atoms with Crippen molar-refractivity contribution in [2.75, 3.05) is 20.8 Å². The van der Waals surface area contributed by atoms with Gasteiger partial charge in [0.25, 0.3) is 0 Å². The molecule has 1 atom stereocenters. The predicted molar refractivity (Wildman–Crippen MR) is 124 cm³/mol. The van der Waals surface area contributed by atoms with E-state index in [1.54, 1.807) is 14.2 Å². The van der Waals surface area contributed by atoms with Crippen LogP contribution >= 0.6 is 11.8 Å². The van der Waals surface area contributed by atoms with Crippen molar-refractivity contribution in [3.8, 4) is 22.8 Å². The summed E-state index contributed by atoms with van der Waals surface area (Å²) in [5.41, 5.74) is 2.95. The number of methoxy groups -OCH3 is 2.